The largest absolute Gasteiger partial charge is 0.478 e. The minimum absolute atomic E-state index is 0.120. The van der Waals surface area contributed by atoms with Crippen LogP contribution in [0, 0.1) is 25.5 Å². The van der Waals surface area contributed by atoms with Crippen molar-refractivity contribution in [1.82, 2.24) is 0 Å². The summed E-state index contributed by atoms with van der Waals surface area (Å²) in [6.45, 7) is 3.15. The Balaban J connectivity index is 2.60. The average molecular weight is 262 g/mol. The first-order valence-electron chi connectivity index (χ1n) is 5.70. The van der Waals surface area contributed by atoms with E-state index in [0.717, 1.165) is 0 Å². The van der Waals surface area contributed by atoms with Crippen LogP contribution in [0.3, 0.4) is 0 Å². The smallest absolute Gasteiger partial charge is 0.335 e. The second kappa shape index (κ2) is 4.80. The second-order valence-corrected chi connectivity index (χ2v) is 4.39. The van der Waals surface area contributed by atoms with Crippen LogP contribution in [0.2, 0.25) is 0 Å². The van der Waals surface area contributed by atoms with E-state index < -0.39 is 17.6 Å². The van der Waals surface area contributed by atoms with Gasteiger partial charge in [0.2, 0.25) is 0 Å². The summed E-state index contributed by atoms with van der Waals surface area (Å²) in [5.74, 6) is -2.84. The second-order valence-electron chi connectivity index (χ2n) is 4.39. The zero-order valence-electron chi connectivity index (χ0n) is 10.5. The molecule has 0 spiro atoms. The molecule has 2 aromatic carbocycles. The number of aryl methyl sites for hydroxylation is 2. The van der Waals surface area contributed by atoms with Gasteiger partial charge in [-0.2, -0.15) is 0 Å². The molecule has 19 heavy (non-hydrogen) atoms. The van der Waals surface area contributed by atoms with Crippen LogP contribution in [-0.2, 0) is 0 Å². The predicted octanol–water partition coefficient (Wildman–Crippen LogP) is 3.95. The van der Waals surface area contributed by atoms with Gasteiger partial charge in [-0.25, -0.2) is 13.6 Å². The van der Waals surface area contributed by atoms with E-state index in [9.17, 15) is 13.6 Å². The molecule has 0 saturated carbocycles. The number of benzene rings is 2. The number of hydrogen-bond acceptors (Lipinski definition) is 1. The Morgan fingerprint density at radius 2 is 1.58 bits per heavy atom. The van der Waals surface area contributed by atoms with Crippen LogP contribution < -0.4 is 0 Å². The Morgan fingerprint density at radius 1 is 0.947 bits per heavy atom. The fraction of sp³-hybridized carbons (Fsp3) is 0.133. The molecule has 0 aromatic heterocycles. The van der Waals surface area contributed by atoms with E-state index in [4.69, 9.17) is 5.11 Å². The summed E-state index contributed by atoms with van der Waals surface area (Å²) in [7, 11) is 0. The number of aromatic carboxylic acids is 1. The molecule has 0 aliphatic rings. The normalized spacial score (nSPS) is 10.5. The summed E-state index contributed by atoms with van der Waals surface area (Å²) in [5, 5.41) is 8.87. The third-order valence-corrected chi connectivity index (χ3v) is 3.04. The third-order valence-electron chi connectivity index (χ3n) is 3.04. The maximum absolute atomic E-state index is 13.9. The number of halogens is 2. The highest BCUT2D eigenvalue weighted by Crippen LogP contribution is 2.29. The summed E-state index contributed by atoms with van der Waals surface area (Å²) >= 11 is 0. The van der Waals surface area contributed by atoms with Crippen LogP contribution in [0.5, 0.6) is 0 Å². The molecule has 98 valence electrons. The lowest BCUT2D eigenvalue weighted by Crippen LogP contribution is -1.99. The fourth-order valence-electron chi connectivity index (χ4n) is 1.95. The van der Waals surface area contributed by atoms with Crippen molar-refractivity contribution in [2.75, 3.05) is 0 Å². The predicted molar refractivity (Wildman–Crippen MR) is 68.2 cm³/mol. The summed E-state index contributed by atoms with van der Waals surface area (Å²) in [6.07, 6.45) is 0. The molecule has 0 unspecified atom stereocenters. The van der Waals surface area contributed by atoms with Crippen molar-refractivity contribution in [2.24, 2.45) is 0 Å². The van der Waals surface area contributed by atoms with Gasteiger partial charge in [-0.3, -0.25) is 0 Å². The summed E-state index contributed by atoms with van der Waals surface area (Å²) < 4.78 is 27.4. The Bertz CT molecular complexity index is 663. The van der Waals surface area contributed by atoms with E-state index in [1.807, 2.05) is 0 Å². The van der Waals surface area contributed by atoms with Crippen LogP contribution in [0.4, 0.5) is 8.78 Å². The Hall–Kier alpha value is -2.23. The van der Waals surface area contributed by atoms with Crippen molar-refractivity contribution < 1.29 is 18.7 Å². The first-order valence-corrected chi connectivity index (χ1v) is 5.70. The van der Waals surface area contributed by atoms with E-state index in [0.29, 0.717) is 11.1 Å². The van der Waals surface area contributed by atoms with Crippen LogP contribution in [0.1, 0.15) is 21.5 Å². The fourth-order valence-corrected chi connectivity index (χ4v) is 1.95. The highest BCUT2D eigenvalue weighted by atomic mass is 19.2. The van der Waals surface area contributed by atoms with Gasteiger partial charge in [0, 0.05) is 5.56 Å². The van der Waals surface area contributed by atoms with Gasteiger partial charge in [-0.15, -0.1) is 0 Å². The van der Waals surface area contributed by atoms with Crippen molar-refractivity contribution >= 4 is 5.97 Å². The van der Waals surface area contributed by atoms with Crippen molar-refractivity contribution in [3.8, 4) is 11.1 Å². The maximum Gasteiger partial charge on any atom is 0.335 e. The summed E-state index contributed by atoms with van der Waals surface area (Å²) in [4.78, 5) is 10.8. The van der Waals surface area contributed by atoms with Gasteiger partial charge in [0.05, 0.1) is 5.56 Å². The van der Waals surface area contributed by atoms with Gasteiger partial charge in [0.1, 0.15) is 0 Å². The van der Waals surface area contributed by atoms with Crippen molar-refractivity contribution in [1.29, 1.82) is 0 Å². The number of carboxylic acid groups (broad SMARTS) is 1. The van der Waals surface area contributed by atoms with Gasteiger partial charge in [-0.1, -0.05) is 18.2 Å². The van der Waals surface area contributed by atoms with Gasteiger partial charge >= 0.3 is 5.97 Å². The molecule has 0 aliphatic carbocycles. The Morgan fingerprint density at radius 3 is 2.16 bits per heavy atom. The van der Waals surface area contributed by atoms with Crippen LogP contribution in [0.25, 0.3) is 11.1 Å². The molecule has 4 heteroatoms. The van der Waals surface area contributed by atoms with Crippen molar-refractivity contribution in [3.05, 3.63) is 58.7 Å². The molecule has 1 N–H and O–H groups in total. The molecule has 0 amide bonds. The van der Waals surface area contributed by atoms with Crippen LogP contribution in [-0.4, -0.2) is 11.1 Å². The van der Waals surface area contributed by atoms with Crippen LogP contribution in [0.15, 0.2) is 30.3 Å². The molecule has 0 fully saturated rings. The topological polar surface area (TPSA) is 37.3 Å². The lowest BCUT2D eigenvalue weighted by atomic mass is 9.97. The molecule has 0 saturated heterocycles. The summed E-state index contributed by atoms with van der Waals surface area (Å²) in [6, 6.07) is 7.30. The quantitative estimate of drug-likeness (QED) is 0.889. The zero-order chi connectivity index (χ0) is 14.2. The van der Waals surface area contributed by atoms with E-state index in [-0.39, 0.29) is 16.7 Å². The minimum Gasteiger partial charge on any atom is -0.478 e. The van der Waals surface area contributed by atoms with Crippen molar-refractivity contribution in [3.63, 3.8) is 0 Å². The first kappa shape index (κ1) is 13.2. The third kappa shape index (κ3) is 2.34. The van der Waals surface area contributed by atoms with Gasteiger partial charge in [0.15, 0.2) is 11.6 Å². The number of hydrogen-bond donors (Lipinski definition) is 1. The zero-order valence-corrected chi connectivity index (χ0v) is 10.5. The molecule has 0 radical (unpaired) electrons. The van der Waals surface area contributed by atoms with Gasteiger partial charge < -0.3 is 5.11 Å². The summed E-state index contributed by atoms with van der Waals surface area (Å²) in [5.41, 5.74) is 1.57. The molecule has 2 nitrogen and oxygen atoms in total. The SMILES string of the molecule is Cc1cc(C(=O)O)ccc1-c1ccc(C)c(F)c1F. The van der Waals surface area contributed by atoms with Gasteiger partial charge in [-0.05, 0) is 42.7 Å². The molecule has 0 bridgehead atoms. The molecule has 0 atom stereocenters. The van der Waals surface area contributed by atoms with Crippen molar-refractivity contribution in [2.45, 2.75) is 13.8 Å². The number of rotatable bonds is 2. The number of carboxylic acids is 1. The molecule has 2 aromatic rings. The molecule has 2 rings (SSSR count). The van der Waals surface area contributed by atoms with Crippen LogP contribution >= 0.6 is 0 Å². The molecule has 0 heterocycles. The lowest BCUT2D eigenvalue weighted by Gasteiger charge is -2.10. The standard InChI is InChI=1S/C15H12F2O2/c1-8-3-5-12(14(17)13(8)16)11-6-4-10(15(18)19)7-9(11)2/h3-7H,1-2H3,(H,18,19). The molecular formula is C15H12F2O2. The number of carbonyl (C=O) groups is 1. The maximum atomic E-state index is 13.9. The van der Waals surface area contributed by atoms with Gasteiger partial charge in [0.25, 0.3) is 0 Å². The molecular weight excluding hydrogens is 250 g/mol. The Labute approximate surface area is 109 Å². The van der Waals surface area contributed by atoms with E-state index >= 15 is 0 Å². The monoisotopic (exact) mass is 262 g/mol. The minimum atomic E-state index is -1.05. The van der Waals surface area contributed by atoms with E-state index in [1.54, 1.807) is 6.92 Å². The highest BCUT2D eigenvalue weighted by molar-refractivity contribution is 5.89. The first-order chi connectivity index (χ1) is 8.91. The van der Waals surface area contributed by atoms with E-state index in [1.165, 1.54) is 37.3 Å². The van der Waals surface area contributed by atoms with E-state index in [2.05, 4.69) is 0 Å². The highest BCUT2D eigenvalue weighted by Gasteiger charge is 2.15. The lowest BCUT2D eigenvalue weighted by molar-refractivity contribution is 0.0697. The average Bonchev–Trinajstić information content (AvgIpc) is 2.37. The Kier molecular flexibility index (Phi) is 3.34. The molecule has 0 aliphatic heterocycles.